The highest BCUT2D eigenvalue weighted by atomic mass is 19.4. The molecule has 4 aliphatic rings. The number of hydrogen-bond donors (Lipinski definition) is 1. The van der Waals surface area contributed by atoms with E-state index in [1.54, 1.807) is 0 Å². The van der Waals surface area contributed by atoms with Gasteiger partial charge in [0.05, 0.1) is 0 Å². The van der Waals surface area contributed by atoms with Gasteiger partial charge in [0.15, 0.2) is 0 Å². The van der Waals surface area contributed by atoms with Crippen molar-refractivity contribution in [2.45, 2.75) is 71.3 Å². The second-order valence-electron chi connectivity index (χ2n) is 9.40. The Morgan fingerprint density at radius 3 is 2.00 bits per heavy atom. The van der Waals surface area contributed by atoms with Gasteiger partial charge < -0.3 is 5.11 Å². The lowest BCUT2D eigenvalue weighted by Crippen LogP contribution is -2.59. The molecule has 0 aromatic carbocycles. The molecule has 4 rings (SSSR count). The summed E-state index contributed by atoms with van der Waals surface area (Å²) in [5.41, 5.74) is -4.81. The molecular formula is C18H26F6O. The van der Waals surface area contributed by atoms with Crippen LogP contribution in [0.3, 0.4) is 0 Å². The van der Waals surface area contributed by atoms with Crippen molar-refractivity contribution in [3.05, 3.63) is 0 Å². The molecule has 0 aromatic rings. The lowest BCUT2D eigenvalue weighted by molar-refractivity contribution is -0.374. The molecule has 0 aromatic heterocycles. The van der Waals surface area contributed by atoms with Crippen molar-refractivity contribution in [3.8, 4) is 0 Å². The number of halogens is 6. The SMILES string of the molecule is CC(C)C1C2CCC3(CC2CC(O)(C(F)(F)F)C(F)(F)F)C1C3(C)C. The monoisotopic (exact) mass is 372 g/mol. The van der Waals surface area contributed by atoms with Crippen LogP contribution in [0.5, 0.6) is 0 Å². The molecule has 2 bridgehead atoms. The quantitative estimate of drug-likeness (QED) is 0.642. The van der Waals surface area contributed by atoms with E-state index in [0.717, 1.165) is 6.42 Å². The minimum Gasteiger partial charge on any atom is -0.374 e. The highest BCUT2D eigenvalue weighted by Gasteiger charge is 2.79. The number of rotatable bonds is 3. The van der Waals surface area contributed by atoms with E-state index >= 15 is 0 Å². The van der Waals surface area contributed by atoms with Gasteiger partial charge in [-0.15, -0.1) is 0 Å². The zero-order valence-electron chi connectivity index (χ0n) is 14.9. The fraction of sp³-hybridized carbons (Fsp3) is 1.00. The highest BCUT2D eigenvalue weighted by molar-refractivity contribution is 5.26. The summed E-state index contributed by atoms with van der Waals surface area (Å²) in [5, 5.41) is 9.67. The average Bonchev–Trinajstić information content (AvgIpc) is 2.92. The number of fused-ring (bicyclic) bond motifs is 2. The Kier molecular flexibility index (Phi) is 3.92. The van der Waals surface area contributed by atoms with Crippen LogP contribution in [0.25, 0.3) is 0 Å². The molecule has 5 atom stereocenters. The smallest absolute Gasteiger partial charge is 0.374 e. The van der Waals surface area contributed by atoms with E-state index in [0.29, 0.717) is 18.8 Å². The second kappa shape index (κ2) is 5.08. The molecule has 5 unspecified atom stereocenters. The van der Waals surface area contributed by atoms with Gasteiger partial charge in [-0.1, -0.05) is 27.7 Å². The fourth-order valence-corrected chi connectivity index (χ4v) is 6.71. The summed E-state index contributed by atoms with van der Waals surface area (Å²) in [5.74, 6) is -0.200. The highest BCUT2D eigenvalue weighted by Crippen LogP contribution is 2.84. The largest absolute Gasteiger partial charge is 0.426 e. The van der Waals surface area contributed by atoms with Gasteiger partial charge in [-0.25, -0.2) is 0 Å². The fourth-order valence-electron chi connectivity index (χ4n) is 6.71. The predicted molar refractivity (Wildman–Crippen MR) is 80.5 cm³/mol. The van der Waals surface area contributed by atoms with E-state index in [9.17, 15) is 31.4 Å². The van der Waals surface area contributed by atoms with Gasteiger partial charge in [0.1, 0.15) is 0 Å². The van der Waals surface area contributed by atoms with E-state index in [2.05, 4.69) is 13.8 Å². The van der Waals surface area contributed by atoms with Crippen molar-refractivity contribution in [2.75, 3.05) is 0 Å². The first-order valence-corrected chi connectivity index (χ1v) is 8.96. The van der Waals surface area contributed by atoms with Gasteiger partial charge in [0.25, 0.3) is 5.60 Å². The zero-order valence-corrected chi connectivity index (χ0v) is 14.9. The molecule has 1 spiro atoms. The zero-order chi connectivity index (χ0) is 19.2. The van der Waals surface area contributed by atoms with Crippen molar-refractivity contribution >= 4 is 0 Å². The van der Waals surface area contributed by atoms with Gasteiger partial charge >= 0.3 is 12.4 Å². The van der Waals surface area contributed by atoms with Crippen LogP contribution in [0.1, 0.15) is 53.4 Å². The summed E-state index contributed by atoms with van der Waals surface area (Å²) >= 11 is 0. The second-order valence-corrected chi connectivity index (χ2v) is 9.40. The maximum absolute atomic E-state index is 13.1. The molecule has 1 nitrogen and oxygen atoms in total. The van der Waals surface area contributed by atoms with Crippen molar-refractivity contribution < 1.29 is 31.4 Å². The van der Waals surface area contributed by atoms with Crippen molar-refractivity contribution in [1.82, 2.24) is 0 Å². The molecule has 25 heavy (non-hydrogen) atoms. The van der Waals surface area contributed by atoms with Crippen molar-refractivity contribution in [1.29, 1.82) is 0 Å². The molecule has 1 N–H and O–H groups in total. The summed E-state index contributed by atoms with van der Waals surface area (Å²) in [4.78, 5) is 0. The summed E-state index contributed by atoms with van der Waals surface area (Å²) in [7, 11) is 0. The van der Waals surface area contributed by atoms with Crippen LogP contribution < -0.4 is 0 Å². The molecular weight excluding hydrogens is 346 g/mol. The molecule has 146 valence electrons. The number of aliphatic hydroxyl groups is 1. The van der Waals surface area contributed by atoms with E-state index in [1.807, 2.05) is 13.8 Å². The Hall–Kier alpha value is -0.460. The molecule has 4 saturated carbocycles. The third kappa shape index (κ3) is 2.32. The standard InChI is InChI=1S/C18H26F6O/c1-9(2)12-11-5-6-15(13(12)14(15,3)4)7-10(11)8-16(25,17(19,20)21)18(22,23)24/h9-13,25H,5-8H2,1-4H3. The van der Waals surface area contributed by atoms with Gasteiger partial charge in [-0.3, -0.25) is 0 Å². The first kappa shape index (κ1) is 19.3. The summed E-state index contributed by atoms with van der Waals surface area (Å²) in [6, 6.07) is 0. The van der Waals surface area contributed by atoms with Gasteiger partial charge in [0, 0.05) is 0 Å². The molecule has 4 fully saturated rings. The van der Waals surface area contributed by atoms with Crippen LogP contribution in [0.4, 0.5) is 26.3 Å². The first-order valence-electron chi connectivity index (χ1n) is 8.96. The molecule has 0 heterocycles. The average molecular weight is 372 g/mol. The number of alkyl halides is 6. The Bertz CT molecular complexity index is 535. The molecule has 7 heteroatoms. The predicted octanol–water partition coefficient (Wildman–Crippen LogP) is 5.58. The number of hydrogen-bond acceptors (Lipinski definition) is 1. The summed E-state index contributed by atoms with van der Waals surface area (Å²) < 4.78 is 78.8. The van der Waals surface area contributed by atoms with Crippen LogP contribution in [-0.4, -0.2) is 23.1 Å². The first-order chi connectivity index (χ1) is 11.1. The Morgan fingerprint density at radius 2 is 1.56 bits per heavy atom. The van der Waals surface area contributed by atoms with Crippen LogP contribution in [0.2, 0.25) is 0 Å². The van der Waals surface area contributed by atoms with Crippen molar-refractivity contribution in [3.63, 3.8) is 0 Å². The van der Waals surface area contributed by atoms with Crippen LogP contribution >= 0.6 is 0 Å². The minimum absolute atomic E-state index is 0.0416. The van der Waals surface area contributed by atoms with Gasteiger partial charge in [-0.05, 0) is 66.1 Å². The minimum atomic E-state index is -5.72. The van der Waals surface area contributed by atoms with E-state index < -0.39 is 30.3 Å². The molecule has 0 aliphatic heterocycles. The summed E-state index contributed by atoms with van der Waals surface area (Å²) in [6.45, 7) is 8.20. The third-order valence-electron chi connectivity index (χ3n) is 7.87. The van der Waals surface area contributed by atoms with E-state index in [1.165, 1.54) is 0 Å². The maximum atomic E-state index is 13.1. The Balaban J connectivity index is 1.94. The van der Waals surface area contributed by atoms with E-state index in [-0.39, 0.29) is 28.6 Å². The van der Waals surface area contributed by atoms with Crippen molar-refractivity contribution in [2.24, 2.45) is 40.4 Å². The van der Waals surface area contributed by atoms with E-state index in [4.69, 9.17) is 0 Å². The van der Waals surface area contributed by atoms with Gasteiger partial charge in [-0.2, -0.15) is 26.3 Å². The third-order valence-corrected chi connectivity index (χ3v) is 7.87. The Morgan fingerprint density at radius 1 is 1.04 bits per heavy atom. The normalized spacial score (nSPS) is 40.3. The van der Waals surface area contributed by atoms with Crippen LogP contribution in [-0.2, 0) is 0 Å². The topological polar surface area (TPSA) is 20.2 Å². The van der Waals surface area contributed by atoms with Gasteiger partial charge in [0.2, 0.25) is 0 Å². The molecule has 0 radical (unpaired) electrons. The van der Waals surface area contributed by atoms with Crippen LogP contribution in [0.15, 0.2) is 0 Å². The molecule has 4 aliphatic carbocycles. The van der Waals surface area contributed by atoms with Crippen LogP contribution in [0, 0.1) is 40.4 Å². The lowest BCUT2D eigenvalue weighted by atomic mass is 9.55. The Labute approximate surface area is 144 Å². The maximum Gasteiger partial charge on any atom is 0.426 e. The molecule has 0 saturated heterocycles. The lowest BCUT2D eigenvalue weighted by Gasteiger charge is -2.51. The summed E-state index contributed by atoms with van der Waals surface area (Å²) in [6.07, 6.45) is -10.8. The molecule has 0 amide bonds.